The van der Waals surface area contributed by atoms with Crippen LogP contribution in [0, 0.1) is 17.8 Å². The van der Waals surface area contributed by atoms with Crippen LogP contribution in [-0.2, 0) is 21.3 Å². The number of sulfonamides is 1. The first-order chi connectivity index (χ1) is 17.5. The monoisotopic (exact) mass is 533 g/mol. The standard InChI is InChI=1S/C29H47N3O4S/c1-6-37(34,35)32-15-11-22(12-16-32)18-30-28(33)24-7-8-26-25(17-24)20-31(27(26)21(2)3)19-23-9-13-29(4,36-5)14-10-23/h7-8,17,21-23,27H,6,9-16,18-20H2,1-5H3,(H,30,33). The quantitative estimate of drug-likeness (QED) is 0.503. The zero-order valence-corrected chi connectivity index (χ0v) is 24.3. The molecule has 8 heteroatoms. The van der Waals surface area contributed by atoms with Gasteiger partial charge in [-0.25, -0.2) is 12.7 Å². The average Bonchev–Trinajstić information content (AvgIpc) is 3.26. The molecule has 37 heavy (non-hydrogen) atoms. The van der Waals surface area contributed by atoms with Gasteiger partial charge < -0.3 is 10.1 Å². The SMILES string of the molecule is CCS(=O)(=O)N1CCC(CNC(=O)c2ccc3c(c2)CN(CC2CCC(C)(OC)CC2)C3C(C)C)CC1. The number of hydrogen-bond donors (Lipinski definition) is 1. The number of fused-ring (bicyclic) bond motifs is 1. The summed E-state index contributed by atoms with van der Waals surface area (Å²) in [5.41, 5.74) is 3.41. The molecule has 208 valence electrons. The number of carbonyl (C=O) groups excluding carboxylic acids is 1. The molecule has 4 rings (SSSR count). The van der Waals surface area contributed by atoms with Gasteiger partial charge in [-0.15, -0.1) is 0 Å². The predicted octanol–water partition coefficient (Wildman–Crippen LogP) is 4.59. The summed E-state index contributed by atoms with van der Waals surface area (Å²) in [6.45, 7) is 12.2. The molecule has 0 aromatic heterocycles. The van der Waals surface area contributed by atoms with Crippen molar-refractivity contribution in [3.63, 3.8) is 0 Å². The Balaban J connectivity index is 1.33. The number of rotatable bonds is 9. The third-order valence-corrected chi connectivity index (χ3v) is 11.0. The van der Waals surface area contributed by atoms with Crippen molar-refractivity contribution in [2.75, 3.05) is 39.0 Å². The maximum Gasteiger partial charge on any atom is 0.251 e. The van der Waals surface area contributed by atoms with Gasteiger partial charge in [-0.2, -0.15) is 0 Å². The Hall–Kier alpha value is -1.48. The molecule has 0 spiro atoms. The van der Waals surface area contributed by atoms with E-state index >= 15 is 0 Å². The lowest BCUT2D eigenvalue weighted by atomic mass is 9.79. The Morgan fingerprint density at radius 3 is 2.41 bits per heavy atom. The second-order valence-corrected chi connectivity index (χ2v) is 14.3. The molecule has 1 atom stereocenters. The van der Waals surface area contributed by atoms with Gasteiger partial charge in [0.1, 0.15) is 0 Å². The topological polar surface area (TPSA) is 79.0 Å². The number of nitrogens with one attached hydrogen (secondary N) is 1. The normalized spacial score (nSPS) is 27.9. The zero-order chi connectivity index (χ0) is 26.8. The minimum absolute atomic E-state index is 0.0305. The van der Waals surface area contributed by atoms with E-state index in [1.807, 2.05) is 13.2 Å². The van der Waals surface area contributed by atoms with Gasteiger partial charge in [-0.3, -0.25) is 9.69 Å². The van der Waals surface area contributed by atoms with Crippen molar-refractivity contribution in [2.45, 2.75) is 84.4 Å². The van der Waals surface area contributed by atoms with E-state index in [4.69, 9.17) is 4.74 Å². The van der Waals surface area contributed by atoms with Gasteiger partial charge in [0, 0.05) is 51.4 Å². The van der Waals surface area contributed by atoms with Crippen molar-refractivity contribution in [1.82, 2.24) is 14.5 Å². The first-order valence-corrected chi connectivity index (χ1v) is 15.8. The minimum atomic E-state index is -3.12. The van der Waals surface area contributed by atoms with E-state index in [2.05, 4.69) is 43.1 Å². The molecule has 1 unspecified atom stereocenters. The van der Waals surface area contributed by atoms with Crippen LogP contribution in [0.3, 0.4) is 0 Å². The number of piperidine rings is 1. The zero-order valence-electron chi connectivity index (χ0n) is 23.5. The van der Waals surface area contributed by atoms with E-state index in [9.17, 15) is 13.2 Å². The van der Waals surface area contributed by atoms with Crippen molar-refractivity contribution in [3.8, 4) is 0 Å². The summed E-state index contributed by atoms with van der Waals surface area (Å²) in [7, 11) is -1.28. The van der Waals surface area contributed by atoms with Gasteiger partial charge in [0.05, 0.1) is 11.4 Å². The summed E-state index contributed by atoms with van der Waals surface area (Å²) in [4.78, 5) is 15.7. The van der Waals surface area contributed by atoms with Crippen LogP contribution in [0.4, 0.5) is 0 Å². The van der Waals surface area contributed by atoms with E-state index in [1.54, 1.807) is 11.2 Å². The van der Waals surface area contributed by atoms with Crippen LogP contribution >= 0.6 is 0 Å². The molecule has 1 aromatic rings. The minimum Gasteiger partial charge on any atom is -0.379 e. The summed E-state index contributed by atoms with van der Waals surface area (Å²) in [5.74, 6) is 1.64. The Bertz CT molecular complexity index is 1040. The molecular formula is C29H47N3O4S. The molecule has 2 fully saturated rings. The number of hydrogen-bond acceptors (Lipinski definition) is 5. The van der Waals surface area contributed by atoms with Crippen molar-refractivity contribution >= 4 is 15.9 Å². The Morgan fingerprint density at radius 1 is 1.14 bits per heavy atom. The van der Waals surface area contributed by atoms with Gasteiger partial charge in [0.25, 0.3) is 5.91 Å². The van der Waals surface area contributed by atoms with Crippen LogP contribution in [0.2, 0.25) is 0 Å². The first-order valence-electron chi connectivity index (χ1n) is 14.2. The maximum atomic E-state index is 13.0. The Kier molecular flexibility index (Phi) is 9.04. The summed E-state index contributed by atoms with van der Waals surface area (Å²) in [6.07, 6.45) is 6.24. The molecule has 1 amide bonds. The summed E-state index contributed by atoms with van der Waals surface area (Å²) < 4.78 is 31.5. The molecule has 1 aromatic carbocycles. The van der Waals surface area contributed by atoms with E-state index in [1.165, 1.54) is 24.0 Å². The van der Waals surface area contributed by atoms with Gasteiger partial charge in [-0.05, 0) is 93.4 Å². The number of carbonyl (C=O) groups is 1. The molecule has 0 bridgehead atoms. The number of amides is 1. The smallest absolute Gasteiger partial charge is 0.251 e. The molecule has 1 N–H and O–H groups in total. The van der Waals surface area contributed by atoms with E-state index in [0.29, 0.717) is 43.4 Å². The highest BCUT2D eigenvalue weighted by atomic mass is 32.2. The highest BCUT2D eigenvalue weighted by molar-refractivity contribution is 7.89. The third kappa shape index (κ3) is 6.57. The number of nitrogens with zero attached hydrogens (tertiary/aromatic N) is 2. The van der Waals surface area contributed by atoms with E-state index in [-0.39, 0.29) is 17.3 Å². The van der Waals surface area contributed by atoms with E-state index in [0.717, 1.165) is 44.3 Å². The lowest BCUT2D eigenvalue weighted by molar-refractivity contribution is -0.0385. The second kappa shape index (κ2) is 11.7. The molecule has 1 saturated heterocycles. The average molecular weight is 534 g/mol. The predicted molar refractivity (Wildman–Crippen MR) is 148 cm³/mol. The molecule has 0 radical (unpaired) electrons. The summed E-state index contributed by atoms with van der Waals surface area (Å²) in [5, 5.41) is 3.12. The molecule has 1 aliphatic carbocycles. The Labute approximate surface area is 224 Å². The Morgan fingerprint density at radius 2 is 1.81 bits per heavy atom. The number of benzene rings is 1. The van der Waals surface area contributed by atoms with Crippen LogP contribution < -0.4 is 5.32 Å². The summed E-state index contributed by atoms with van der Waals surface area (Å²) in [6, 6.07) is 6.65. The summed E-state index contributed by atoms with van der Waals surface area (Å²) >= 11 is 0. The van der Waals surface area contributed by atoms with Crippen LogP contribution in [0.1, 0.15) is 93.7 Å². The number of ether oxygens (including phenoxy) is 1. The van der Waals surface area contributed by atoms with Gasteiger partial charge in [-0.1, -0.05) is 19.9 Å². The maximum absolute atomic E-state index is 13.0. The van der Waals surface area contributed by atoms with E-state index < -0.39 is 10.0 Å². The third-order valence-electron chi connectivity index (χ3n) is 9.15. The molecule has 7 nitrogen and oxygen atoms in total. The highest BCUT2D eigenvalue weighted by Gasteiger charge is 2.37. The van der Waals surface area contributed by atoms with Gasteiger partial charge in [0.2, 0.25) is 10.0 Å². The lowest BCUT2D eigenvalue weighted by Crippen LogP contribution is -2.42. The fourth-order valence-electron chi connectivity index (χ4n) is 6.56. The second-order valence-electron chi connectivity index (χ2n) is 12.1. The molecule has 2 heterocycles. The molecule has 1 saturated carbocycles. The fourth-order valence-corrected chi connectivity index (χ4v) is 7.70. The highest BCUT2D eigenvalue weighted by Crippen LogP contribution is 2.42. The molecular weight excluding hydrogens is 486 g/mol. The van der Waals surface area contributed by atoms with Crippen molar-refractivity contribution in [2.24, 2.45) is 17.8 Å². The fraction of sp³-hybridized carbons (Fsp3) is 0.759. The van der Waals surface area contributed by atoms with Crippen molar-refractivity contribution in [3.05, 3.63) is 34.9 Å². The van der Waals surface area contributed by atoms with Crippen LogP contribution in [0.5, 0.6) is 0 Å². The first kappa shape index (κ1) is 28.5. The van der Waals surface area contributed by atoms with Gasteiger partial charge in [0.15, 0.2) is 0 Å². The van der Waals surface area contributed by atoms with Crippen LogP contribution in [0.25, 0.3) is 0 Å². The van der Waals surface area contributed by atoms with Crippen molar-refractivity contribution in [1.29, 1.82) is 0 Å². The van der Waals surface area contributed by atoms with Crippen LogP contribution in [-0.4, -0.2) is 68.2 Å². The number of methoxy groups -OCH3 is 1. The lowest BCUT2D eigenvalue weighted by Gasteiger charge is -2.39. The van der Waals surface area contributed by atoms with Crippen LogP contribution in [0.15, 0.2) is 18.2 Å². The van der Waals surface area contributed by atoms with Crippen molar-refractivity contribution < 1.29 is 17.9 Å². The molecule has 3 aliphatic rings. The van der Waals surface area contributed by atoms with Gasteiger partial charge >= 0.3 is 0 Å². The molecule has 2 aliphatic heterocycles. The largest absolute Gasteiger partial charge is 0.379 e.